The fourth-order valence-electron chi connectivity index (χ4n) is 2.98. The number of carbonyl (C=O) groups excluding carboxylic acids is 1. The van der Waals surface area contributed by atoms with Gasteiger partial charge in [0.15, 0.2) is 4.75 Å². The van der Waals surface area contributed by atoms with E-state index in [-0.39, 0.29) is 5.16 Å². The van der Waals surface area contributed by atoms with E-state index in [2.05, 4.69) is 20.6 Å². The lowest BCUT2D eigenvalue weighted by atomic mass is 9.86. The van der Waals surface area contributed by atoms with Crippen LogP contribution >= 0.6 is 11.8 Å². The van der Waals surface area contributed by atoms with Crippen molar-refractivity contribution in [3.8, 4) is 6.07 Å². The number of hydrogen-bond donors (Lipinski definition) is 2. The number of benzene rings is 1. The van der Waals surface area contributed by atoms with Gasteiger partial charge in [-0.05, 0) is 6.07 Å². The van der Waals surface area contributed by atoms with Crippen molar-refractivity contribution in [2.24, 2.45) is 16.8 Å². The quantitative estimate of drug-likeness (QED) is 0.715. The van der Waals surface area contributed by atoms with E-state index in [1.165, 1.54) is 0 Å². The minimum absolute atomic E-state index is 0.287. The molecule has 12 heteroatoms. The fraction of sp³-hybridized carbons (Fsp3) is 0.214. The van der Waals surface area contributed by atoms with Gasteiger partial charge in [0.1, 0.15) is 11.8 Å². The van der Waals surface area contributed by atoms with Crippen LogP contribution in [0.2, 0.25) is 0 Å². The molecule has 2 aliphatic rings. The van der Waals surface area contributed by atoms with Crippen molar-refractivity contribution in [1.29, 1.82) is 5.26 Å². The number of alkyl halides is 3. The van der Waals surface area contributed by atoms with Gasteiger partial charge in [-0.3, -0.25) is 4.79 Å². The summed E-state index contributed by atoms with van der Waals surface area (Å²) < 4.78 is 38.2. The number of carbonyl (C=O) groups is 1. The number of aromatic nitrogens is 3. The summed E-state index contributed by atoms with van der Waals surface area (Å²) in [6, 6.07) is 8.47. The van der Waals surface area contributed by atoms with Gasteiger partial charge in [0, 0.05) is 11.3 Å². The van der Waals surface area contributed by atoms with Crippen LogP contribution in [0.3, 0.4) is 0 Å². The number of nitrogens with two attached hydrogens (primary N) is 1. The van der Waals surface area contributed by atoms with Gasteiger partial charge in [-0.15, -0.1) is 15.3 Å². The van der Waals surface area contributed by atoms with Crippen LogP contribution in [0.5, 0.6) is 0 Å². The lowest BCUT2D eigenvalue weighted by Gasteiger charge is -2.28. The lowest BCUT2D eigenvalue weighted by molar-refractivity contribution is -0.147. The number of fused-ring (bicyclic) bond motifs is 3. The molecule has 0 saturated heterocycles. The van der Waals surface area contributed by atoms with Crippen LogP contribution in [0, 0.1) is 17.2 Å². The monoisotopic (exact) mass is 379 g/mol. The average molecular weight is 379 g/mol. The van der Waals surface area contributed by atoms with E-state index in [1.54, 1.807) is 24.3 Å². The maximum Gasteiger partial charge on any atom is 0.453 e. The van der Waals surface area contributed by atoms with Gasteiger partial charge in [0.25, 0.3) is 5.82 Å². The summed E-state index contributed by atoms with van der Waals surface area (Å²) in [5.41, 5.74) is 6.71. The molecule has 0 saturated carbocycles. The van der Waals surface area contributed by atoms with Crippen molar-refractivity contribution in [2.75, 3.05) is 5.32 Å². The number of anilines is 1. The van der Waals surface area contributed by atoms with E-state index in [9.17, 15) is 23.2 Å². The Hall–Kier alpha value is -3.07. The Bertz CT molecular complexity index is 1010. The minimum atomic E-state index is -4.83. The molecule has 0 fully saturated rings. The van der Waals surface area contributed by atoms with Gasteiger partial charge < -0.3 is 11.1 Å². The minimum Gasteiger partial charge on any atom is -0.385 e. The summed E-state index contributed by atoms with van der Waals surface area (Å²) >= 11 is 0.672. The molecule has 0 radical (unpaired) electrons. The molecule has 3 N–H and O–H groups in total. The average Bonchev–Trinajstić information content (AvgIpc) is 3.05. The highest BCUT2D eigenvalue weighted by Gasteiger charge is 2.58. The van der Waals surface area contributed by atoms with Crippen LogP contribution in [-0.4, -0.2) is 26.6 Å². The lowest BCUT2D eigenvalue weighted by Crippen LogP contribution is -2.44. The van der Waals surface area contributed by atoms with Crippen molar-refractivity contribution in [3.05, 3.63) is 35.7 Å². The van der Waals surface area contributed by atoms with E-state index in [4.69, 9.17) is 5.73 Å². The molecule has 1 aromatic heterocycles. The van der Waals surface area contributed by atoms with Gasteiger partial charge in [-0.1, -0.05) is 30.0 Å². The SMILES string of the molecule is N#C[C@H]1C(N)=Nn2c(nnc2C(F)(F)F)S[C@@]12C(=O)Nc1ccccc12. The Balaban J connectivity index is 2.00. The van der Waals surface area contributed by atoms with Crippen molar-refractivity contribution in [3.63, 3.8) is 0 Å². The highest BCUT2D eigenvalue weighted by atomic mass is 32.2. The Morgan fingerprint density at radius 1 is 1.35 bits per heavy atom. The first-order valence-electron chi connectivity index (χ1n) is 7.15. The third-order valence-corrected chi connectivity index (χ3v) is 5.48. The molecule has 1 aromatic carbocycles. The number of thioether (sulfide) groups is 1. The summed E-state index contributed by atoms with van der Waals surface area (Å²) in [4.78, 5) is 12.8. The molecule has 2 aliphatic heterocycles. The second-order valence-corrected chi connectivity index (χ2v) is 6.75. The number of nitriles is 1. The van der Waals surface area contributed by atoms with E-state index in [0.29, 0.717) is 27.7 Å². The maximum atomic E-state index is 13.1. The largest absolute Gasteiger partial charge is 0.453 e. The van der Waals surface area contributed by atoms with Crippen LogP contribution < -0.4 is 11.1 Å². The number of hydrogen-bond acceptors (Lipinski definition) is 7. The Labute approximate surface area is 147 Å². The zero-order chi connectivity index (χ0) is 18.7. The smallest absolute Gasteiger partial charge is 0.385 e. The molecule has 1 amide bonds. The second kappa shape index (κ2) is 5.21. The summed E-state index contributed by atoms with van der Waals surface area (Å²) in [7, 11) is 0. The molecular formula is C14H8F3N7OS. The van der Waals surface area contributed by atoms with Crippen molar-refractivity contribution < 1.29 is 18.0 Å². The first-order chi connectivity index (χ1) is 12.3. The topological polar surface area (TPSA) is 122 Å². The van der Waals surface area contributed by atoms with E-state index >= 15 is 0 Å². The van der Waals surface area contributed by atoms with Gasteiger partial charge in [0.2, 0.25) is 11.1 Å². The molecular weight excluding hydrogens is 371 g/mol. The number of para-hydroxylation sites is 1. The Kier molecular flexibility index (Phi) is 3.29. The van der Waals surface area contributed by atoms with Gasteiger partial charge in [0.05, 0.1) is 6.07 Å². The van der Waals surface area contributed by atoms with Crippen molar-refractivity contribution >= 4 is 29.2 Å². The number of halogens is 3. The third-order valence-electron chi connectivity index (χ3n) is 4.08. The zero-order valence-corrected chi connectivity index (χ0v) is 13.5. The van der Waals surface area contributed by atoms with Crippen molar-refractivity contribution in [2.45, 2.75) is 16.1 Å². The first kappa shape index (κ1) is 16.4. The zero-order valence-electron chi connectivity index (χ0n) is 12.7. The van der Waals surface area contributed by atoms with Crippen LogP contribution in [-0.2, 0) is 15.7 Å². The first-order valence-corrected chi connectivity index (χ1v) is 7.97. The molecule has 3 heterocycles. The summed E-state index contributed by atoms with van der Waals surface area (Å²) in [6.45, 7) is 0. The molecule has 132 valence electrons. The van der Waals surface area contributed by atoms with Gasteiger partial charge in [-0.25, -0.2) is 0 Å². The molecule has 8 nitrogen and oxygen atoms in total. The number of nitrogens with one attached hydrogen (secondary N) is 1. The predicted molar refractivity (Wildman–Crippen MR) is 83.8 cm³/mol. The Morgan fingerprint density at radius 3 is 2.77 bits per heavy atom. The summed E-state index contributed by atoms with van der Waals surface area (Å²) in [6.07, 6.45) is -4.83. The summed E-state index contributed by atoms with van der Waals surface area (Å²) in [5, 5.41) is 22.3. The van der Waals surface area contributed by atoms with E-state index in [0.717, 1.165) is 0 Å². The van der Waals surface area contributed by atoms with Crippen molar-refractivity contribution in [1.82, 2.24) is 14.9 Å². The number of nitrogens with zero attached hydrogens (tertiary/aromatic N) is 5. The van der Waals surface area contributed by atoms with Gasteiger partial charge >= 0.3 is 6.18 Å². The molecule has 0 bridgehead atoms. The Morgan fingerprint density at radius 2 is 2.08 bits per heavy atom. The van der Waals surface area contributed by atoms with Crippen LogP contribution in [0.25, 0.3) is 0 Å². The molecule has 2 aromatic rings. The fourth-order valence-corrected chi connectivity index (χ4v) is 4.29. The highest BCUT2D eigenvalue weighted by molar-refractivity contribution is 8.01. The summed E-state index contributed by atoms with van der Waals surface area (Å²) in [5.74, 6) is -3.71. The molecule has 0 aliphatic carbocycles. The normalized spacial score (nSPS) is 24.3. The van der Waals surface area contributed by atoms with E-state index in [1.807, 2.05) is 6.07 Å². The predicted octanol–water partition coefficient (Wildman–Crippen LogP) is 1.51. The molecule has 2 atom stereocenters. The third kappa shape index (κ3) is 2.03. The van der Waals surface area contributed by atoms with Crippen LogP contribution in [0.4, 0.5) is 18.9 Å². The molecule has 26 heavy (non-hydrogen) atoms. The number of rotatable bonds is 0. The molecule has 1 spiro atoms. The number of amides is 1. The highest BCUT2D eigenvalue weighted by Crippen LogP contribution is 2.54. The standard InChI is InChI=1S/C14H8F3N7OS/c15-14(16,17)10-21-22-12-24(10)23-9(19)7(5-18)13(26-12)6-3-1-2-4-8(6)20-11(13)25/h1-4,7H,(H2,19,23)(H,20,25)/t7-,13+/m0/s1. The maximum absolute atomic E-state index is 13.1. The van der Waals surface area contributed by atoms with Crippen LogP contribution in [0.15, 0.2) is 34.5 Å². The van der Waals surface area contributed by atoms with E-state index < -0.39 is 34.4 Å². The second-order valence-electron chi connectivity index (χ2n) is 5.54. The molecule has 0 unspecified atom stereocenters. The molecule has 4 rings (SSSR count). The van der Waals surface area contributed by atoms with Crippen LogP contribution in [0.1, 0.15) is 11.4 Å². The van der Waals surface area contributed by atoms with Gasteiger partial charge in [-0.2, -0.15) is 23.1 Å². The number of amidine groups is 1.